The van der Waals surface area contributed by atoms with Gasteiger partial charge in [-0.2, -0.15) is 0 Å². The number of methoxy groups -OCH3 is 1. The molecule has 0 spiro atoms. The van der Waals surface area contributed by atoms with Crippen LogP contribution in [-0.4, -0.2) is 41.4 Å². The van der Waals surface area contributed by atoms with Crippen molar-refractivity contribution in [1.29, 1.82) is 0 Å². The van der Waals surface area contributed by atoms with Gasteiger partial charge < -0.3 is 14.4 Å². The number of hydrogen-bond donors (Lipinski definition) is 1. The molecule has 0 bridgehead atoms. The Morgan fingerprint density at radius 3 is 2.74 bits per heavy atom. The molecular weight excluding hydrogens is 244 g/mol. The Hall–Kier alpha value is -1.33. The van der Waals surface area contributed by atoms with Crippen LogP contribution in [0.1, 0.15) is 25.0 Å². The average Bonchev–Trinajstić information content (AvgIpc) is 2.42. The summed E-state index contributed by atoms with van der Waals surface area (Å²) in [5, 5.41) is 9.54. The van der Waals surface area contributed by atoms with Crippen LogP contribution in [0.3, 0.4) is 0 Å². The number of pyridine rings is 1. The molecule has 0 radical (unpaired) electrons. The summed E-state index contributed by atoms with van der Waals surface area (Å²) in [5.74, 6) is -0.196. The van der Waals surface area contributed by atoms with Gasteiger partial charge in [-0.3, -0.25) is 9.69 Å². The molecule has 0 atom stereocenters. The van der Waals surface area contributed by atoms with Gasteiger partial charge in [0.15, 0.2) is 5.75 Å². The van der Waals surface area contributed by atoms with Crippen molar-refractivity contribution in [2.24, 2.45) is 0 Å². The normalized spacial score (nSPS) is 16.7. The number of piperidine rings is 1. The Labute approximate surface area is 113 Å². The SMILES string of the molecule is COCCn1cc(O)c(=O)cc1CN1CCCCC1. The summed E-state index contributed by atoms with van der Waals surface area (Å²) in [4.78, 5) is 14.0. The second kappa shape index (κ2) is 6.73. The van der Waals surface area contributed by atoms with E-state index in [1.807, 2.05) is 4.57 Å². The summed E-state index contributed by atoms with van der Waals surface area (Å²) in [6.07, 6.45) is 5.25. The summed E-state index contributed by atoms with van der Waals surface area (Å²) in [5.41, 5.74) is 0.641. The van der Waals surface area contributed by atoms with E-state index in [0.717, 1.165) is 25.3 Å². The van der Waals surface area contributed by atoms with Gasteiger partial charge in [0.2, 0.25) is 5.43 Å². The van der Waals surface area contributed by atoms with E-state index in [2.05, 4.69) is 4.90 Å². The van der Waals surface area contributed by atoms with Crippen LogP contribution >= 0.6 is 0 Å². The Kier molecular flexibility index (Phi) is 4.99. The Morgan fingerprint density at radius 2 is 2.05 bits per heavy atom. The van der Waals surface area contributed by atoms with Gasteiger partial charge in [-0.05, 0) is 25.9 Å². The molecule has 1 fully saturated rings. The molecule has 0 unspecified atom stereocenters. The highest BCUT2D eigenvalue weighted by Gasteiger charge is 2.13. The van der Waals surface area contributed by atoms with Crippen LogP contribution in [-0.2, 0) is 17.8 Å². The van der Waals surface area contributed by atoms with Gasteiger partial charge in [-0.25, -0.2) is 0 Å². The van der Waals surface area contributed by atoms with Gasteiger partial charge >= 0.3 is 0 Å². The molecule has 0 saturated carbocycles. The molecule has 1 aromatic heterocycles. The lowest BCUT2D eigenvalue weighted by atomic mass is 10.1. The quantitative estimate of drug-likeness (QED) is 0.869. The third-order valence-electron chi connectivity index (χ3n) is 3.57. The number of nitrogens with zero attached hydrogens (tertiary/aromatic N) is 2. The van der Waals surface area contributed by atoms with E-state index in [9.17, 15) is 9.90 Å². The zero-order chi connectivity index (χ0) is 13.7. The molecule has 1 aliphatic rings. The first kappa shape index (κ1) is 14.1. The zero-order valence-electron chi connectivity index (χ0n) is 11.5. The van der Waals surface area contributed by atoms with Gasteiger partial charge in [0.05, 0.1) is 12.8 Å². The van der Waals surface area contributed by atoms with E-state index in [0.29, 0.717) is 13.2 Å². The third-order valence-corrected chi connectivity index (χ3v) is 3.57. The summed E-state index contributed by atoms with van der Waals surface area (Å²) in [6, 6.07) is 1.54. The zero-order valence-corrected chi connectivity index (χ0v) is 11.5. The number of ether oxygens (including phenoxy) is 1. The topological polar surface area (TPSA) is 54.7 Å². The van der Waals surface area contributed by atoms with Crippen molar-refractivity contribution in [3.63, 3.8) is 0 Å². The maximum atomic E-state index is 11.6. The highest BCUT2D eigenvalue weighted by Crippen LogP contribution is 2.13. The number of hydrogen-bond acceptors (Lipinski definition) is 4. The molecule has 19 heavy (non-hydrogen) atoms. The van der Waals surface area contributed by atoms with E-state index in [4.69, 9.17) is 4.74 Å². The first-order valence-corrected chi connectivity index (χ1v) is 6.84. The van der Waals surface area contributed by atoms with E-state index in [1.54, 1.807) is 13.2 Å². The largest absolute Gasteiger partial charge is 0.503 e. The maximum absolute atomic E-state index is 11.6. The second-order valence-corrected chi connectivity index (χ2v) is 5.04. The molecule has 1 N–H and O–H groups in total. The predicted octanol–water partition coefficient (Wildman–Crippen LogP) is 1.19. The van der Waals surface area contributed by atoms with Gasteiger partial charge in [0.1, 0.15) is 0 Å². The lowest BCUT2D eigenvalue weighted by Gasteiger charge is -2.27. The average molecular weight is 266 g/mol. The minimum absolute atomic E-state index is 0.196. The maximum Gasteiger partial charge on any atom is 0.223 e. The Bertz CT molecular complexity index is 464. The molecule has 2 rings (SSSR count). The van der Waals surface area contributed by atoms with Crippen LogP contribution in [0.15, 0.2) is 17.1 Å². The Morgan fingerprint density at radius 1 is 1.32 bits per heavy atom. The molecule has 0 aromatic carbocycles. The first-order valence-electron chi connectivity index (χ1n) is 6.84. The Balaban J connectivity index is 2.15. The fourth-order valence-electron chi connectivity index (χ4n) is 2.48. The van der Waals surface area contributed by atoms with E-state index < -0.39 is 0 Å². The molecular formula is C14H22N2O3. The molecule has 5 nitrogen and oxygen atoms in total. The molecule has 2 heterocycles. The fourth-order valence-corrected chi connectivity index (χ4v) is 2.48. The summed E-state index contributed by atoms with van der Waals surface area (Å²) >= 11 is 0. The summed E-state index contributed by atoms with van der Waals surface area (Å²) < 4.78 is 6.98. The third kappa shape index (κ3) is 3.81. The van der Waals surface area contributed by atoms with Gasteiger partial charge in [-0.15, -0.1) is 0 Å². The van der Waals surface area contributed by atoms with Crippen LogP contribution < -0.4 is 5.43 Å². The lowest BCUT2D eigenvalue weighted by molar-refractivity contribution is 0.180. The molecule has 1 aromatic rings. The molecule has 1 saturated heterocycles. The monoisotopic (exact) mass is 266 g/mol. The van der Waals surface area contributed by atoms with Crippen LogP contribution in [0.4, 0.5) is 0 Å². The number of likely N-dealkylation sites (tertiary alicyclic amines) is 1. The van der Waals surface area contributed by atoms with Crippen LogP contribution in [0, 0.1) is 0 Å². The minimum atomic E-state index is -0.305. The highest BCUT2D eigenvalue weighted by atomic mass is 16.5. The second-order valence-electron chi connectivity index (χ2n) is 5.04. The van der Waals surface area contributed by atoms with Crippen LogP contribution in [0.25, 0.3) is 0 Å². The van der Waals surface area contributed by atoms with Crippen LogP contribution in [0.5, 0.6) is 5.75 Å². The predicted molar refractivity (Wildman–Crippen MR) is 73.4 cm³/mol. The molecule has 106 valence electrons. The van der Waals surface area contributed by atoms with E-state index >= 15 is 0 Å². The first-order chi connectivity index (χ1) is 9.20. The fraction of sp³-hybridized carbons (Fsp3) is 0.643. The number of aromatic nitrogens is 1. The van der Waals surface area contributed by atoms with Crippen molar-refractivity contribution >= 4 is 0 Å². The van der Waals surface area contributed by atoms with Crippen molar-refractivity contribution in [3.05, 3.63) is 28.2 Å². The molecule has 0 amide bonds. The lowest BCUT2D eigenvalue weighted by Crippen LogP contribution is -2.31. The van der Waals surface area contributed by atoms with E-state index in [-0.39, 0.29) is 11.2 Å². The number of aromatic hydroxyl groups is 1. The van der Waals surface area contributed by atoms with Crippen molar-refractivity contribution < 1.29 is 9.84 Å². The van der Waals surface area contributed by atoms with Crippen molar-refractivity contribution in [2.75, 3.05) is 26.8 Å². The van der Waals surface area contributed by atoms with Gasteiger partial charge in [0, 0.05) is 32.0 Å². The smallest absolute Gasteiger partial charge is 0.223 e. The van der Waals surface area contributed by atoms with Gasteiger partial charge in [0.25, 0.3) is 0 Å². The number of rotatable bonds is 5. The molecule has 5 heteroatoms. The molecule has 0 aliphatic carbocycles. The highest BCUT2D eigenvalue weighted by molar-refractivity contribution is 5.20. The summed E-state index contributed by atoms with van der Waals surface area (Å²) in [6.45, 7) is 4.14. The summed E-state index contributed by atoms with van der Waals surface area (Å²) in [7, 11) is 1.65. The standard InChI is InChI=1S/C14H22N2O3/c1-19-8-7-16-11-14(18)13(17)9-12(16)10-15-5-3-2-4-6-15/h9,11,18H,2-8,10H2,1H3. The van der Waals surface area contributed by atoms with E-state index in [1.165, 1.54) is 25.5 Å². The van der Waals surface area contributed by atoms with Crippen molar-refractivity contribution in [2.45, 2.75) is 32.4 Å². The minimum Gasteiger partial charge on any atom is -0.503 e. The van der Waals surface area contributed by atoms with Gasteiger partial charge in [-0.1, -0.05) is 6.42 Å². The van der Waals surface area contributed by atoms with Crippen molar-refractivity contribution in [3.8, 4) is 5.75 Å². The van der Waals surface area contributed by atoms with Crippen LogP contribution in [0.2, 0.25) is 0 Å². The molecule has 1 aliphatic heterocycles. The van der Waals surface area contributed by atoms with Crippen molar-refractivity contribution in [1.82, 2.24) is 9.47 Å².